The Bertz CT molecular complexity index is 446. The number of likely N-dealkylation sites (tertiary alicyclic amines) is 1. The first-order chi connectivity index (χ1) is 9.74. The van der Waals surface area contributed by atoms with Gasteiger partial charge in [0.25, 0.3) is 0 Å². The normalized spacial score (nSPS) is 25.4. The van der Waals surface area contributed by atoms with Gasteiger partial charge >= 0.3 is 0 Å². The topological polar surface area (TPSA) is 75.0 Å². The molecule has 0 spiro atoms. The molecule has 5 nitrogen and oxygen atoms in total. The fourth-order valence-electron chi connectivity index (χ4n) is 3.58. The van der Waals surface area contributed by atoms with E-state index in [1.165, 1.54) is 6.42 Å². The summed E-state index contributed by atoms with van der Waals surface area (Å²) in [6, 6.07) is 0.236. The van der Waals surface area contributed by atoms with Crippen molar-refractivity contribution in [3.05, 3.63) is 18.2 Å². The molecule has 2 fully saturated rings. The highest BCUT2D eigenvalue weighted by molar-refractivity contribution is 5.85. The van der Waals surface area contributed by atoms with Crippen LogP contribution in [0.3, 0.4) is 0 Å². The fraction of sp³-hybridized carbons (Fsp3) is 0.733. The number of carbonyl (C=O) groups is 1. The summed E-state index contributed by atoms with van der Waals surface area (Å²) in [5.41, 5.74) is 6.06. The Morgan fingerprint density at radius 3 is 2.55 bits per heavy atom. The van der Waals surface area contributed by atoms with Gasteiger partial charge in [-0.3, -0.25) is 4.79 Å². The molecule has 1 amide bonds. The average molecular weight is 349 g/mol. The lowest BCUT2D eigenvalue weighted by Crippen LogP contribution is -2.40. The third kappa shape index (κ3) is 4.37. The lowest BCUT2D eigenvalue weighted by molar-refractivity contribution is -0.133. The van der Waals surface area contributed by atoms with E-state index in [9.17, 15) is 4.79 Å². The molecule has 1 saturated carbocycles. The number of amides is 1. The van der Waals surface area contributed by atoms with E-state index in [4.69, 9.17) is 5.73 Å². The Kier molecular flexibility index (Phi) is 7.66. The summed E-state index contributed by atoms with van der Waals surface area (Å²) in [4.78, 5) is 21.9. The summed E-state index contributed by atoms with van der Waals surface area (Å²) < 4.78 is 0. The minimum absolute atomic E-state index is 0. The van der Waals surface area contributed by atoms with Gasteiger partial charge in [0.2, 0.25) is 5.91 Å². The minimum atomic E-state index is 0. The fourth-order valence-corrected chi connectivity index (χ4v) is 3.58. The zero-order valence-corrected chi connectivity index (χ0v) is 14.4. The summed E-state index contributed by atoms with van der Waals surface area (Å²) in [6.45, 7) is 1.71. The summed E-state index contributed by atoms with van der Waals surface area (Å²) in [5.74, 6) is 2.24. The first-order valence-electron chi connectivity index (χ1n) is 7.76. The predicted octanol–water partition coefficient (Wildman–Crippen LogP) is 2.48. The molecule has 0 aromatic carbocycles. The highest BCUT2D eigenvalue weighted by Crippen LogP contribution is 2.29. The van der Waals surface area contributed by atoms with E-state index in [0.29, 0.717) is 24.2 Å². The molecule has 1 aliphatic heterocycles. The van der Waals surface area contributed by atoms with Crippen molar-refractivity contribution in [2.75, 3.05) is 13.1 Å². The zero-order valence-electron chi connectivity index (χ0n) is 12.7. The van der Waals surface area contributed by atoms with E-state index < -0.39 is 0 Å². The third-order valence-electron chi connectivity index (χ3n) is 4.91. The predicted molar refractivity (Wildman–Crippen MR) is 91.6 cm³/mol. The smallest absolute Gasteiger partial charge is 0.222 e. The van der Waals surface area contributed by atoms with Crippen molar-refractivity contribution in [3.8, 4) is 0 Å². The number of aromatic amines is 1. The number of carbonyl (C=O) groups excluding carboxylic acids is 1. The van der Waals surface area contributed by atoms with Crippen molar-refractivity contribution < 1.29 is 4.79 Å². The second-order valence-corrected chi connectivity index (χ2v) is 6.19. The maximum absolute atomic E-state index is 12.3. The number of nitrogens with zero attached hydrogens (tertiary/aromatic N) is 2. The number of hydrogen-bond donors (Lipinski definition) is 2. The Morgan fingerprint density at radius 1 is 1.27 bits per heavy atom. The molecular weight excluding hydrogens is 323 g/mol. The first kappa shape index (κ1) is 19.3. The van der Waals surface area contributed by atoms with E-state index in [1.807, 2.05) is 11.1 Å². The number of aromatic nitrogens is 2. The van der Waals surface area contributed by atoms with Gasteiger partial charge in [0.05, 0.1) is 0 Å². The molecule has 3 N–H and O–H groups in total. The van der Waals surface area contributed by atoms with Gasteiger partial charge in [-0.1, -0.05) is 6.42 Å². The number of nitrogens with two attached hydrogens (primary N) is 1. The molecule has 1 saturated heterocycles. The number of rotatable bonds is 3. The maximum atomic E-state index is 12.3. The van der Waals surface area contributed by atoms with E-state index in [-0.39, 0.29) is 30.9 Å². The highest BCUT2D eigenvalue weighted by atomic mass is 35.5. The van der Waals surface area contributed by atoms with Crippen LogP contribution in [-0.4, -0.2) is 39.9 Å². The van der Waals surface area contributed by atoms with E-state index in [0.717, 1.165) is 44.6 Å². The number of halogens is 2. The summed E-state index contributed by atoms with van der Waals surface area (Å²) in [5, 5.41) is 0. The minimum Gasteiger partial charge on any atom is -0.348 e. The van der Waals surface area contributed by atoms with Gasteiger partial charge in [-0.2, -0.15) is 0 Å². The quantitative estimate of drug-likeness (QED) is 0.880. The highest BCUT2D eigenvalue weighted by Gasteiger charge is 2.30. The van der Waals surface area contributed by atoms with Gasteiger partial charge in [-0.05, 0) is 31.6 Å². The molecule has 7 heteroatoms. The molecule has 126 valence electrons. The van der Waals surface area contributed by atoms with Gasteiger partial charge < -0.3 is 15.6 Å². The SMILES string of the molecule is Cl.Cl.N[C@@H]1CCC[C@H]1CC(=O)N1CCC(c2ncc[nH]2)CC1. The second-order valence-electron chi connectivity index (χ2n) is 6.19. The van der Waals surface area contributed by atoms with Crippen LogP contribution in [0, 0.1) is 5.92 Å². The van der Waals surface area contributed by atoms with Crippen LogP contribution in [-0.2, 0) is 4.79 Å². The van der Waals surface area contributed by atoms with Crippen molar-refractivity contribution in [1.29, 1.82) is 0 Å². The molecule has 22 heavy (non-hydrogen) atoms. The summed E-state index contributed by atoms with van der Waals surface area (Å²) >= 11 is 0. The number of piperidine rings is 1. The molecule has 1 aromatic rings. The molecule has 2 heterocycles. The summed E-state index contributed by atoms with van der Waals surface area (Å²) in [7, 11) is 0. The molecule has 2 atom stereocenters. The van der Waals surface area contributed by atoms with Crippen molar-refractivity contribution in [1.82, 2.24) is 14.9 Å². The van der Waals surface area contributed by atoms with Gasteiger partial charge in [0.1, 0.15) is 5.82 Å². The molecule has 0 radical (unpaired) electrons. The van der Waals surface area contributed by atoms with Crippen LogP contribution in [0.1, 0.15) is 50.3 Å². The van der Waals surface area contributed by atoms with E-state index in [1.54, 1.807) is 6.20 Å². The van der Waals surface area contributed by atoms with Crippen LogP contribution < -0.4 is 5.73 Å². The molecule has 0 bridgehead atoms. The molecule has 2 aliphatic rings. The molecule has 1 aromatic heterocycles. The molecule has 0 unspecified atom stereocenters. The number of nitrogens with one attached hydrogen (secondary N) is 1. The Balaban J connectivity index is 0.00000121. The van der Waals surface area contributed by atoms with Crippen molar-refractivity contribution in [2.24, 2.45) is 11.7 Å². The van der Waals surface area contributed by atoms with Crippen LogP contribution in [0.2, 0.25) is 0 Å². The van der Waals surface area contributed by atoms with Gasteiger partial charge in [-0.15, -0.1) is 24.8 Å². The largest absolute Gasteiger partial charge is 0.348 e. The molecular formula is C15H26Cl2N4O. The van der Waals surface area contributed by atoms with Crippen LogP contribution in [0.25, 0.3) is 0 Å². The van der Waals surface area contributed by atoms with Crippen LogP contribution in [0.5, 0.6) is 0 Å². The lowest BCUT2D eigenvalue weighted by atomic mass is 9.94. The second kappa shape index (κ2) is 8.75. The van der Waals surface area contributed by atoms with Crippen molar-refractivity contribution in [2.45, 2.75) is 50.5 Å². The van der Waals surface area contributed by atoms with Crippen molar-refractivity contribution in [3.63, 3.8) is 0 Å². The van der Waals surface area contributed by atoms with Crippen LogP contribution >= 0.6 is 24.8 Å². The van der Waals surface area contributed by atoms with E-state index in [2.05, 4.69) is 9.97 Å². The molecule has 3 rings (SSSR count). The molecule has 1 aliphatic carbocycles. The number of hydrogen-bond acceptors (Lipinski definition) is 3. The number of imidazole rings is 1. The average Bonchev–Trinajstić information content (AvgIpc) is 3.12. The maximum Gasteiger partial charge on any atom is 0.222 e. The van der Waals surface area contributed by atoms with Crippen molar-refractivity contribution >= 4 is 30.7 Å². The Hall–Kier alpha value is -0.780. The van der Waals surface area contributed by atoms with E-state index >= 15 is 0 Å². The van der Waals surface area contributed by atoms with Crippen LogP contribution in [0.4, 0.5) is 0 Å². The van der Waals surface area contributed by atoms with Gasteiger partial charge in [0, 0.05) is 43.9 Å². The lowest BCUT2D eigenvalue weighted by Gasteiger charge is -2.32. The third-order valence-corrected chi connectivity index (χ3v) is 4.91. The zero-order chi connectivity index (χ0) is 13.9. The summed E-state index contributed by atoms with van der Waals surface area (Å²) in [6.07, 6.45) is 9.72. The first-order valence-corrected chi connectivity index (χ1v) is 7.76. The van der Waals surface area contributed by atoms with Gasteiger partial charge in [0.15, 0.2) is 0 Å². The Labute approximate surface area is 144 Å². The van der Waals surface area contributed by atoms with Gasteiger partial charge in [-0.25, -0.2) is 4.98 Å². The Morgan fingerprint density at radius 2 is 2.00 bits per heavy atom. The standard InChI is InChI=1S/C15H24N4O.2ClH/c16-13-3-1-2-12(13)10-14(20)19-8-4-11(5-9-19)15-17-6-7-18-15;;/h6-7,11-13H,1-5,8-10,16H2,(H,17,18);2*1H/t12-,13+;;/m0../s1. The van der Waals surface area contributed by atoms with Crippen LogP contribution in [0.15, 0.2) is 12.4 Å². The number of H-pyrrole nitrogens is 1. The monoisotopic (exact) mass is 348 g/mol.